The summed E-state index contributed by atoms with van der Waals surface area (Å²) in [6.45, 7) is 6.90. The fourth-order valence-corrected chi connectivity index (χ4v) is 1.66. The lowest BCUT2D eigenvalue weighted by molar-refractivity contribution is 0.0528. The minimum Gasteiger partial charge on any atom is -0.444 e. The largest absolute Gasteiger partial charge is 0.444 e. The molecule has 0 aliphatic rings. The van der Waals surface area contributed by atoms with E-state index < -0.39 is 5.60 Å². The summed E-state index contributed by atoms with van der Waals surface area (Å²) in [7, 11) is 0. The van der Waals surface area contributed by atoms with Gasteiger partial charge >= 0.3 is 6.09 Å². The summed E-state index contributed by atoms with van der Waals surface area (Å²) in [4.78, 5) is 15.4. The van der Waals surface area contributed by atoms with E-state index in [0.717, 1.165) is 18.1 Å². The van der Waals surface area contributed by atoms with Gasteiger partial charge in [0.25, 0.3) is 0 Å². The summed E-state index contributed by atoms with van der Waals surface area (Å²) in [5, 5.41) is 8.69. The van der Waals surface area contributed by atoms with Crippen LogP contribution in [0.25, 0.3) is 0 Å². The molecule has 6 heteroatoms. The Morgan fingerprint density at radius 3 is 2.82 bits per heavy atom. The lowest BCUT2D eigenvalue weighted by atomic mass is 10.2. The zero-order valence-corrected chi connectivity index (χ0v) is 11.3. The molecule has 1 heterocycles. The van der Waals surface area contributed by atoms with Crippen molar-refractivity contribution in [1.82, 2.24) is 10.3 Å². The first-order valence-electron chi connectivity index (χ1n) is 5.57. The van der Waals surface area contributed by atoms with Crippen LogP contribution in [0.3, 0.4) is 0 Å². The Balaban J connectivity index is 2.02. The topological polar surface area (TPSA) is 63.2 Å². The molecular formula is C11H19N3O2S. The SMILES string of the molecule is CC(C)(C)OC(=O)NCCCNc1nccs1. The quantitative estimate of drug-likeness (QED) is 0.795. The van der Waals surface area contributed by atoms with Crippen molar-refractivity contribution >= 4 is 22.6 Å². The van der Waals surface area contributed by atoms with Crippen molar-refractivity contribution in [2.45, 2.75) is 32.8 Å². The summed E-state index contributed by atoms with van der Waals surface area (Å²) >= 11 is 1.56. The van der Waals surface area contributed by atoms with E-state index >= 15 is 0 Å². The van der Waals surface area contributed by atoms with Gasteiger partial charge in [0.1, 0.15) is 5.60 Å². The Kier molecular flexibility index (Phi) is 5.21. The minimum atomic E-state index is -0.441. The highest BCUT2D eigenvalue weighted by molar-refractivity contribution is 7.13. The first-order chi connectivity index (χ1) is 7.97. The number of carbonyl (C=O) groups excluding carboxylic acids is 1. The third-order valence-electron chi connectivity index (χ3n) is 1.73. The normalized spacial score (nSPS) is 11.0. The number of amides is 1. The molecule has 0 bridgehead atoms. The van der Waals surface area contributed by atoms with E-state index in [-0.39, 0.29) is 6.09 Å². The van der Waals surface area contributed by atoms with Gasteiger partial charge in [0.2, 0.25) is 0 Å². The van der Waals surface area contributed by atoms with Crippen LogP contribution in [0.15, 0.2) is 11.6 Å². The monoisotopic (exact) mass is 257 g/mol. The molecule has 17 heavy (non-hydrogen) atoms. The highest BCUT2D eigenvalue weighted by Gasteiger charge is 2.15. The van der Waals surface area contributed by atoms with Gasteiger partial charge in [-0.3, -0.25) is 0 Å². The van der Waals surface area contributed by atoms with Crippen LogP contribution < -0.4 is 10.6 Å². The smallest absolute Gasteiger partial charge is 0.407 e. The van der Waals surface area contributed by atoms with Crippen molar-refractivity contribution < 1.29 is 9.53 Å². The highest BCUT2D eigenvalue weighted by atomic mass is 32.1. The van der Waals surface area contributed by atoms with Crippen molar-refractivity contribution in [2.75, 3.05) is 18.4 Å². The molecule has 0 radical (unpaired) electrons. The van der Waals surface area contributed by atoms with Crippen molar-refractivity contribution in [3.63, 3.8) is 0 Å². The van der Waals surface area contributed by atoms with E-state index in [1.54, 1.807) is 17.5 Å². The molecule has 1 amide bonds. The molecule has 0 aromatic carbocycles. The van der Waals surface area contributed by atoms with Gasteiger partial charge in [-0.2, -0.15) is 0 Å². The predicted molar refractivity (Wildman–Crippen MR) is 69.5 cm³/mol. The van der Waals surface area contributed by atoms with E-state index in [1.165, 1.54) is 0 Å². The van der Waals surface area contributed by atoms with Crippen LogP contribution >= 0.6 is 11.3 Å². The molecule has 0 aliphatic heterocycles. The molecule has 0 saturated heterocycles. The molecule has 0 fully saturated rings. The van der Waals surface area contributed by atoms with Gasteiger partial charge in [-0.25, -0.2) is 9.78 Å². The molecule has 0 unspecified atom stereocenters. The summed E-state index contributed by atoms with van der Waals surface area (Å²) in [5.74, 6) is 0. The van der Waals surface area contributed by atoms with E-state index in [2.05, 4.69) is 15.6 Å². The zero-order valence-electron chi connectivity index (χ0n) is 10.4. The number of alkyl carbamates (subject to hydrolysis) is 1. The first kappa shape index (κ1) is 13.8. The maximum atomic E-state index is 11.3. The highest BCUT2D eigenvalue weighted by Crippen LogP contribution is 2.09. The summed E-state index contributed by atoms with van der Waals surface area (Å²) in [5.41, 5.74) is -0.441. The third-order valence-corrected chi connectivity index (χ3v) is 2.46. The number of thiazole rings is 1. The number of rotatable bonds is 5. The number of hydrogen-bond donors (Lipinski definition) is 2. The fourth-order valence-electron chi connectivity index (χ4n) is 1.10. The molecule has 0 aliphatic carbocycles. The second-order valence-electron chi connectivity index (χ2n) is 4.55. The minimum absolute atomic E-state index is 0.369. The van der Waals surface area contributed by atoms with Crippen molar-refractivity contribution in [3.05, 3.63) is 11.6 Å². The predicted octanol–water partition coefficient (Wildman–Crippen LogP) is 2.47. The second kappa shape index (κ2) is 6.44. The average Bonchev–Trinajstić information content (AvgIpc) is 2.67. The number of anilines is 1. The number of nitrogens with zero attached hydrogens (tertiary/aromatic N) is 1. The molecule has 0 atom stereocenters. The molecule has 5 nitrogen and oxygen atoms in total. The lowest BCUT2D eigenvalue weighted by Crippen LogP contribution is -2.33. The fraction of sp³-hybridized carbons (Fsp3) is 0.636. The molecule has 1 rings (SSSR count). The van der Waals surface area contributed by atoms with E-state index in [9.17, 15) is 4.79 Å². The number of aromatic nitrogens is 1. The molecule has 0 spiro atoms. The third kappa shape index (κ3) is 6.78. The van der Waals surface area contributed by atoms with Gasteiger partial charge in [0.05, 0.1) is 0 Å². The lowest BCUT2D eigenvalue weighted by Gasteiger charge is -2.19. The van der Waals surface area contributed by atoms with Crippen LogP contribution in [0.1, 0.15) is 27.2 Å². The Bertz CT molecular complexity index is 333. The van der Waals surface area contributed by atoms with E-state index in [1.807, 2.05) is 26.2 Å². The Labute approximate surface area is 106 Å². The van der Waals surface area contributed by atoms with Crippen LogP contribution in [-0.2, 0) is 4.74 Å². The van der Waals surface area contributed by atoms with Crippen LogP contribution in [0.5, 0.6) is 0 Å². The molecule has 1 aromatic heterocycles. The molecule has 2 N–H and O–H groups in total. The Hall–Kier alpha value is -1.30. The zero-order chi connectivity index (χ0) is 12.7. The summed E-state index contributed by atoms with van der Waals surface area (Å²) in [6.07, 6.45) is 2.22. The van der Waals surface area contributed by atoms with Gasteiger partial charge in [0, 0.05) is 24.7 Å². The van der Waals surface area contributed by atoms with Gasteiger partial charge in [-0.1, -0.05) is 0 Å². The molecule has 1 aromatic rings. The van der Waals surface area contributed by atoms with Crippen LogP contribution in [0.2, 0.25) is 0 Å². The molecule has 0 saturated carbocycles. The Morgan fingerprint density at radius 1 is 1.47 bits per heavy atom. The van der Waals surface area contributed by atoms with E-state index in [0.29, 0.717) is 6.54 Å². The van der Waals surface area contributed by atoms with Crippen LogP contribution in [-0.4, -0.2) is 29.8 Å². The van der Waals surface area contributed by atoms with Crippen LogP contribution in [0.4, 0.5) is 9.93 Å². The summed E-state index contributed by atoms with van der Waals surface area (Å²) < 4.78 is 5.11. The molecular weight excluding hydrogens is 238 g/mol. The second-order valence-corrected chi connectivity index (χ2v) is 5.44. The van der Waals surface area contributed by atoms with Gasteiger partial charge in [-0.15, -0.1) is 11.3 Å². The maximum absolute atomic E-state index is 11.3. The average molecular weight is 257 g/mol. The van der Waals surface area contributed by atoms with Crippen molar-refractivity contribution in [2.24, 2.45) is 0 Å². The van der Waals surface area contributed by atoms with Gasteiger partial charge in [0.15, 0.2) is 5.13 Å². The van der Waals surface area contributed by atoms with Gasteiger partial charge in [-0.05, 0) is 27.2 Å². The first-order valence-corrected chi connectivity index (χ1v) is 6.45. The number of hydrogen-bond acceptors (Lipinski definition) is 5. The number of ether oxygens (including phenoxy) is 1. The number of carbonyl (C=O) groups is 1. The Morgan fingerprint density at radius 2 is 2.24 bits per heavy atom. The summed E-state index contributed by atoms with van der Waals surface area (Å²) in [6, 6.07) is 0. The standard InChI is InChI=1S/C11H19N3O2S/c1-11(2,3)16-10(15)14-6-4-5-12-9-13-7-8-17-9/h7-8H,4-6H2,1-3H3,(H,12,13)(H,14,15). The molecule has 96 valence electrons. The van der Waals surface area contributed by atoms with Crippen LogP contribution in [0, 0.1) is 0 Å². The van der Waals surface area contributed by atoms with Crippen molar-refractivity contribution in [1.29, 1.82) is 0 Å². The van der Waals surface area contributed by atoms with Gasteiger partial charge < -0.3 is 15.4 Å². The van der Waals surface area contributed by atoms with Crippen molar-refractivity contribution in [3.8, 4) is 0 Å². The maximum Gasteiger partial charge on any atom is 0.407 e. The number of nitrogens with one attached hydrogen (secondary N) is 2. The van der Waals surface area contributed by atoms with E-state index in [4.69, 9.17) is 4.74 Å².